The molecule has 0 saturated carbocycles. The van der Waals surface area contributed by atoms with Crippen molar-refractivity contribution in [2.24, 2.45) is 5.73 Å². The molecule has 2 aromatic heterocycles. The Hall–Kier alpha value is -3.56. The standard InChI is InChI=1S/C21H20N6O2S/c22-10-8-15(13-4-2-1-3-5-13)20(28)24-14-6-7-17-16(12-14)19(27-26-17)25-21(29)18-9-11-23-30-18/h1-7,9,11-12,15H,8,10,22H2,(H,24,28)(H2,25,26,27,29). The summed E-state index contributed by atoms with van der Waals surface area (Å²) in [7, 11) is 0. The monoisotopic (exact) mass is 420 g/mol. The second-order valence-corrected chi connectivity index (χ2v) is 7.53. The number of aromatic amines is 1. The van der Waals surface area contributed by atoms with Gasteiger partial charge in [-0.25, -0.2) is 4.37 Å². The zero-order valence-electron chi connectivity index (χ0n) is 16.0. The number of nitrogens with one attached hydrogen (secondary N) is 3. The fraction of sp³-hybridized carbons (Fsp3) is 0.143. The molecule has 2 amide bonds. The predicted octanol–water partition coefficient (Wildman–Crippen LogP) is 3.34. The number of fused-ring (bicyclic) bond motifs is 1. The molecule has 0 aliphatic heterocycles. The zero-order chi connectivity index (χ0) is 20.9. The van der Waals surface area contributed by atoms with Crippen molar-refractivity contribution >= 4 is 45.8 Å². The van der Waals surface area contributed by atoms with E-state index in [9.17, 15) is 9.59 Å². The zero-order valence-corrected chi connectivity index (χ0v) is 16.8. The molecule has 152 valence electrons. The van der Waals surface area contributed by atoms with Crippen molar-refractivity contribution in [1.29, 1.82) is 0 Å². The summed E-state index contributed by atoms with van der Waals surface area (Å²) in [6.45, 7) is 0.404. The number of hydrogen-bond donors (Lipinski definition) is 4. The molecule has 2 aromatic carbocycles. The van der Waals surface area contributed by atoms with Crippen LogP contribution in [0.15, 0.2) is 60.8 Å². The molecule has 8 nitrogen and oxygen atoms in total. The fourth-order valence-corrected chi connectivity index (χ4v) is 3.71. The first-order chi connectivity index (χ1) is 14.7. The Morgan fingerprint density at radius 3 is 2.67 bits per heavy atom. The molecule has 0 saturated heterocycles. The highest BCUT2D eigenvalue weighted by Gasteiger charge is 2.20. The van der Waals surface area contributed by atoms with Crippen LogP contribution >= 0.6 is 11.5 Å². The van der Waals surface area contributed by atoms with E-state index in [1.807, 2.05) is 30.3 Å². The van der Waals surface area contributed by atoms with Crippen LogP contribution in [0.2, 0.25) is 0 Å². The van der Waals surface area contributed by atoms with Crippen LogP contribution in [-0.2, 0) is 4.79 Å². The third kappa shape index (κ3) is 4.22. The van der Waals surface area contributed by atoms with E-state index in [-0.39, 0.29) is 17.7 Å². The van der Waals surface area contributed by atoms with Crippen LogP contribution in [0, 0.1) is 0 Å². The number of rotatable bonds is 7. The van der Waals surface area contributed by atoms with E-state index in [1.54, 1.807) is 30.5 Å². The van der Waals surface area contributed by atoms with E-state index < -0.39 is 0 Å². The summed E-state index contributed by atoms with van der Waals surface area (Å²) >= 11 is 1.11. The minimum atomic E-state index is -0.346. The lowest BCUT2D eigenvalue weighted by atomic mass is 9.94. The smallest absolute Gasteiger partial charge is 0.268 e. The van der Waals surface area contributed by atoms with Crippen molar-refractivity contribution in [3.8, 4) is 0 Å². The molecule has 0 aliphatic carbocycles. The average Bonchev–Trinajstić information content (AvgIpc) is 3.43. The van der Waals surface area contributed by atoms with Crippen LogP contribution < -0.4 is 16.4 Å². The quantitative estimate of drug-likeness (QED) is 0.365. The first-order valence-corrected chi connectivity index (χ1v) is 10.2. The van der Waals surface area contributed by atoms with Crippen LogP contribution in [-0.4, -0.2) is 32.9 Å². The molecule has 0 spiro atoms. The van der Waals surface area contributed by atoms with Crippen LogP contribution in [0.3, 0.4) is 0 Å². The van der Waals surface area contributed by atoms with Crippen LogP contribution in [0.5, 0.6) is 0 Å². The summed E-state index contributed by atoms with van der Waals surface area (Å²) in [5, 5.41) is 13.5. The number of H-pyrrole nitrogens is 1. The van der Waals surface area contributed by atoms with Crippen molar-refractivity contribution in [2.45, 2.75) is 12.3 Å². The van der Waals surface area contributed by atoms with Gasteiger partial charge in [0.25, 0.3) is 5.91 Å². The van der Waals surface area contributed by atoms with Crippen molar-refractivity contribution in [3.63, 3.8) is 0 Å². The number of aromatic nitrogens is 3. The lowest BCUT2D eigenvalue weighted by Gasteiger charge is -2.16. The molecular formula is C21H20N6O2S. The predicted molar refractivity (Wildman–Crippen MR) is 118 cm³/mol. The summed E-state index contributed by atoms with van der Waals surface area (Å²) in [6.07, 6.45) is 2.11. The van der Waals surface area contributed by atoms with Gasteiger partial charge < -0.3 is 16.4 Å². The summed E-state index contributed by atoms with van der Waals surface area (Å²) in [5.41, 5.74) is 8.00. The highest BCUT2D eigenvalue weighted by atomic mass is 32.1. The molecule has 2 heterocycles. The van der Waals surface area contributed by atoms with Crippen molar-refractivity contribution in [2.75, 3.05) is 17.2 Å². The van der Waals surface area contributed by atoms with Gasteiger partial charge in [0.05, 0.1) is 11.4 Å². The number of nitrogens with two attached hydrogens (primary N) is 1. The van der Waals surface area contributed by atoms with Gasteiger partial charge >= 0.3 is 0 Å². The Labute approximate surface area is 176 Å². The maximum absolute atomic E-state index is 12.9. The summed E-state index contributed by atoms with van der Waals surface area (Å²) in [4.78, 5) is 25.7. The van der Waals surface area contributed by atoms with E-state index in [4.69, 9.17) is 5.73 Å². The van der Waals surface area contributed by atoms with Gasteiger partial charge in [-0.3, -0.25) is 14.7 Å². The highest BCUT2D eigenvalue weighted by molar-refractivity contribution is 7.08. The molecule has 30 heavy (non-hydrogen) atoms. The Bertz CT molecular complexity index is 1160. The molecular weight excluding hydrogens is 400 g/mol. The van der Waals surface area contributed by atoms with E-state index >= 15 is 0 Å². The minimum Gasteiger partial charge on any atom is -0.330 e. The molecule has 5 N–H and O–H groups in total. The lowest BCUT2D eigenvalue weighted by Crippen LogP contribution is -2.23. The molecule has 4 rings (SSSR count). The second-order valence-electron chi connectivity index (χ2n) is 6.69. The van der Waals surface area contributed by atoms with E-state index in [0.29, 0.717) is 34.7 Å². The number of amides is 2. The van der Waals surface area contributed by atoms with Crippen LogP contribution in [0.1, 0.15) is 27.6 Å². The third-order valence-electron chi connectivity index (χ3n) is 4.70. The molecule has 0 radical (unpaired) electrons. The van der Waals surface area contributed by atoms with E-state index in [2.05, 4.69) is 25.2 Å². The molecule has 1 atom stereocenters. The van der Waals surface area contributed by atoms with E-state index in [1.165, 1.54) is 0 Å². The Kier molecular flexibility index (Phi) is 5.82. The maximum atomic E-state index is 12.9. The number of hydrogen-bond acceptors (Lipinski definition) is 6. The van der Waals surface area contributed by atoms with Gasteiger partial charge in [-0.1, -0.05) is 30.3 Å². The number of benzene rings is 2. The van der Waals surface area contributed by atoms with Gasteiger partial charge in [0, 0.05) is 17.3 Å². The van der Waals surface area contributed by atoms with Crippen LogP contribution in [0.25, 0.3) is 10.9 Å². The summed E-state index contributed by atoms with van der Waals surface area (Å²) < 4.78 is 3.93. The minimum absolute atomic E-state index is 0.134. The Morgan fingerprint density at radius 1 is 1.10 bits per heavy atom. The first-order valence-electron chi connectivity index (χ1n) is 9.41. The largest absolute Gasteiger partial charge is 0.330 e. The van der Waals surface area contributed by atoms with Gasteiger partial charge in [0.1, 0.15) is 4.88 Å². The van der Waals surface area contributed by atoms with Gasteiger partial charge in [-0.05, 0) is 54.3 Å². The molecule has 0 fully saturated rings. The van der Waals surface area contributed by atoms with Crippen molar-refractivity contribution < 1.29 is 9.59 Å². The lowest BCUT2D eigenvalue weighted by molar-refractivity contribution is -0.117. The number of carbonyl (C=O) groups is 2. The number of nitrogens with zero attached hydrogens (tertiary/aromatic N) is 2. The second kappa shape index (κ2) is 8.85. The molecule has 1 unspecified atom stereocenters. The van der Waals surface area contributed by atoms with Crippen LogP contribution in [0.4, 0.5) is 11.5 Å². The highest BCUT2D eigenvalue weighted by Crippen LogP contribution is 2.27. The van der Waals surface area contributed by atoms with Crippen molar-refractivity contribution in [1.82, 2.24) is 14.6 Å². The van der Waals surface area contributed by atoms with Gasteiger partial charge in [-0.15, -0.1) is 0 Å². The van der Waals surface area contributed by atoms with Gasteiger partial charge in [-0.2, -0.15) is 5.10 Å². The Morgan fingerprint density at radius 2 is 1.93 bits per heavy atom. The average molecular weight is 420 g/mol. The maximum Gasteiger partial charge on any atom is 0.268 e. The summed E-state index contributed by atoms with van der Waals surface area (Å²) in [6, 6.07) is 16.6. The number of carbonyl (C=O) groups excluding carboxylic acids is 2. The molecule has 0 bridgehead atoms. The topological polar surface area (TPSA) is 126 Å². The molecule has 9 heteroatoms. The number of anilines is 2. The normalized spacial score (nSPS) is 11.9. The van der Waals surface area contributed by atoms with Gasteiger partial charge in [0.15, 0.2) is 5.82 Å². The van der Waals surface area contributed by atoms with Crippen molar-refractivity contribution in [3.05, 3.63) is 71.2 Å². The molecule has 4 aromatic rings. The first kappa shape index (κ1) is 19.7. The third-order valence-corrected chi connectivity index (χ3v) is 5.44. The summed E-state index contributed by atoms with van der Waals surface area (Å²) in [5.74, 6) is -0.375. The Balaban J connectivity index is 1.55. The van der Waals surface area contributed by atoms with E-state index in [0.717, 1.165) is 22.6 Å². The SMILES string of the molecule is NCCC(C(=O)Nc1ccc2[nH]nc(NC(=O)c3ccns3)c2c1)c1ccccc1. The fourth-order valence-electron chi connectivity index (χ4n) is 3.22. The molecule has 0 aliphatic rings. The van der Waals surface area contributed by atoms with Gasteiger partial charge in [0.2, 0.25) is 5.91 Å².